The molecule has 2 atom stereocenters. The summed E-state index contributed by atoms with van der Waals surface area (Å²) >= 11 is 0. The van der Waals surface area contributed by atoms with E-state index < -0.39 is 0 Å². The highest BCUT2D eigenvalue weighted by molar-refractivity contribution is 5.26. The molecule has 1 aromatic carbocycles. The summed E-state index contributed by atoms with van der Waals surface area (Å²) in [6, 6.07) is 9.18. The van der Waals surface area contributed by atoms with Crippen molar-refractivity contribution in [3.8, 4) is 0 Å². The molecule has 1 nitrogen and oxygen atoms in total. The van der Waals surface area contributed by atoms with Crippen LogP contribution in [0.2, 0.25) is 0 Å². The van der Waals surface area contributed by atoms with Gasteiger partial charge in [0.25, 0.3) is 0 Å². The Hall–Kier alpha value is -0.820. The van der Waals surface area contributed by atoms with E-state index in [9.17, 15) is 0 Å². The van der Waals surface area contributed by atoms with E-state index in [1.807, 2.05) is 0 Å². The van der Waals surface area contributed by atoms with Crippen LogP contribution in [0.4, 0.5) is 0 Å². The van der Waals surface area contributed by atoms with Gasteiger partial charge in [-0.2, -0.15) is 0 Å². The fourth-order valence-corrected chi connectivity index (χ4v) is 3.07. The predicted molar refractivity (Wildman–Crippen MR) is 74.4 cm³/mol. The Morgan fingerprint density at radius 3 is 2.41 bits per heavy atom. The average molecular weight is 231 g/mol. The van der Waals surface area contributed by atoms with Crippen molar-refractivity contribution in [1.82, 2.24) is 4.90 Å². The van der Waals surface area contributed by atoms with Crippen molar-refractivity contribution >= 4 is 0 Å². The minimum absolute atomic E-state index is 0.760. The third-order valence-electron chi connectivity index (χ3n) is 4.13. The standard InChI is InChI=1S/C16H25N/c1-4-6-15-11-17(5-2)12-16(15)14-9-7-13(3)8-10-14/h7-10,15-16H,4-6,11-12H2,1-3H3/t15?,16-/m0/s1. The summed E-state index contributed by atoms with van der Waals surface area (Å²) in [7, 11) is 0. The van der Waals surface area contributed by atoms with Gasteiger partial charge in [-0.1, -0.05) is 50.1 Å². The molecule has 2 rings (SSSR count). The number of likely N-dealkylation sites (tertiary alicyclic amines) is 1. The maximum atomic E-state index is 2.60. The summed E-state index contributed by atoms with van der Waals surface area (Å²) < 4.78 is 0. The first kappa shape index (κ1) is 12.6. The molecule has 0 radical (unpaired) electrons. The first-order chi connectivity index (χ1) is 8.24. The summed E-state index contributed by atoms with van der Waals surface area (Å²) in [5.74, 6) is 1.62. The van der Waals surface area contributed by atoms with E-state index in [1.54, 1.807) is 5.56 Å². The van der Waals surface area contributed by atoms with E-state index in [-0.39, 0.29) is 0 Å². The summed E-state index contributed by atoms with van der Waals surface area (Å²) in [5.41, 5.74) is 2.91. The normalized spacial score (nSPS) is 25.4. The number of rotatable bonds is 4. The Morgan fingerprint density at radius 2 is 1.82 bits per heavy atom. The number of likely N-dealkylation sites (N-methyl/N-ethyl adjacent to an activating group) is 1. The van der Waals surface area contributed by atoms with Crippen LogP contribution >= 0.6 is 0 Å². The van der Waals surface area contributed by atoms with E-state index in [2.05, 4.69) is 49.9 Å². The van der Waals surface area contributed by atoms with Crippen LogP contribution in [0.1, 0.15) is 43.7 Å². The van der Waals surface area contributed by atoms with Crippen LogP contribution in [-0.2, 0) is 0 Å². The van der Waals surface area contributed by atoms with Crippen molar-refractivity contribution in [2.45, 2.75) is 39.5 Å². The number of hydrogen-bond donors (Lipinski definition) is 0. The highest BCUT2D eigenvalue weighted by atomic mass is 15.1. The van der Waals surface area contributed by atoms with Crippen molar-refractivity contribution in [2.75, 3.05) is 19.6 Å². The van der Waals surface area contributed by atoms with Gasteiger partial charge in [0, 0.05) is 19.0 Å². The third kappa shape index (κ3) is 2.90. The van der Waals surface area contributed by atoms with Gasteiger partial charge in [0.2, 0.25) is 0 Å². The first-order valence-electron chi connectivity index (χ1n) is 7.03. The Morgan fingerprint density at radius 1 is 1.12 bits per heavy atom. The third-order valence-corrected chi connectivity index (χ3v) is 4.13. The fraction of sp³-hybridized carbons (Fsp3) is 0.625. The van der Waals surface area contributed by atoms with Crippen molar-refractivity contribution in [1.29, 1.82) is 0 Å². The van der Waals surface area contributed by atoms with Gasteiger partial charge in [-0.05, 0) is 31.4 Å². The molecule has 1 saturated heterocycles. The molecular formula is C16H25N. The number of aryl methyl sites for hydroxylation is 1. The highest BCUT2D eigenvalue weighted by Gasteiger charge is 2.31. The molecule has 1 aliphatic rings. The van der Waals surface area contributed by atoms with Gasteiger partial charge in [0.05, 0.1) is 0 Å². The molecule has 1 fully saturated rings. The van der Waals surface area contributed by atoms with Crippen LogP contribution in [0.15, 0.2) is 24.3 Å². The molecule has 94 valence electrons. The van der Waals surface area contributed by atoms with E-state index in [0.717, 1.165) is 11.8 Å². The molecule has 0 aromatic heterocycles. The smallest absolute Gasteiger partial charge is 0.00534 e. The molecule has 1 aliphatic heterocycles. The van der Waals surface area contributed by atoms with Crippen molar-refractivity contribution < 1.29 is 0 Å². The molecular weight excluding hydrogens is 206 g/mol. The molecule has 0 amide bonds. The second-order valence-electron chi connectivity index (χ2n) is 5.42. The minimum Gasteiger partial charge on any atom is -0.303 e. The molecule has 0 spiro atoms. The zero-order valence-corrected chi connectivity index (χ0v) is 11.4. The summed E-state index contributed by atoms with van der Waals surface area (Å²) in [6.45, 7) is 10.5. The Kier molecular flexibility index (Phi) is 4.22. The van der Waals surface area contributed by atoms with Gasteiger partial charge in [-0.25, -0.2) is 0 Å². The molecule has 1 heteroatoms. The number of nitrogens with zero attached hydrogens (tertiary/aromatic N) is 1. The SMILES string of the molecule is CCCC1CN(CC)C[C@H]1c1ccc(C)cc1. The van der Waals surface area contributed by atoms with Crippen LogP contribution in [0.3, 0.4) is 0 Å². The van der Waals surface area contributed by atoms with Gasteiger partial charge in [-0.15, -0.1) is 0 Å². The zero-order chi connectivity index (χ0) is 12.3. The van der Waals surface area contributed by atoms with E-state index in [0.29, 0.717) is 0 Å². The van der Waals surface area contributed by atoms with E-state index in [4.69, 9.17) is 0 Å². The van der Waals surface area contributed by atoms with E-state index >= 15 is 0 Å². The molecule has 1 aromatic rings. The monoisotopic (exact) mass is 231 g/mol. The summed E-state index contributed by atoms with van der Waals surface area (Å²) in [6.07, 6.45) is 2.68. The zero-order valence-electron chi connectivity index (χ0n) is 11.4. The molecule has 17 heavy (non-hydrogen) atoms. The topological polar surface area (TPSA) is 3.24 Å². The van der Waals surface area contributed by atoms with Crippen LogP contribution in [0, 0.1) is 12.8 Å². The average Bonchev–Trinajstić information content (AvgIpc) is 2.74. The summed E-state index contributed by atoms with van der Waals surface area (Å²) in [5, 5.41) is 0. The summed E-state index contributed by atoms with van der Waals surface area (Å²) in [4.78, 5) is 2.60. The minimum atomic E-state index is 0.760. The van der Waals surface area contributed by atoms with Crippen LogP contribution in [-0.4, -0.2) is 24.5 Å². The quantitative estimate of drug-likeness (QED) is 0.761. The lowest BCUT2D eigenvalue weighted by Crippen LogP contribution is -2.19. The maximum Gasteiger partial charge on any atom is 0.00534 e. The van der Waals surface area contributed by atoms with Crippen LogP contribution in [0.25, 0.3) is 0 Å². The molecule has 0 aliphatic carbocycles. The fourth-order valence-electron chi connectivity index (χ4n) is 3.07. The Bertz CT molecular complexity index is 341. The Balaban J connectivity index is 2.14. The number of hydrogen-bond acceptors (Lipinski definition) is 1. The van der Waals surface area contributed by atoms with Crippen LogP contribution in [0.5, 0.6) is 0 Å². The van der Waals surface area contributed by atoms with Crippen molar-refractivity contribution in [3.05, 3.63) is 35.4 Å². The van der Waals surface area contributed by atoms with Gasteiger partial charge in [0.15, 0.2) is 0 Å². The lowest BCUT2D eigenvalue weighted by atomic mass is 9.86. The van der Waals surface area contributed by atoms with Crippen LogP contribution < -0.4 is 0 Å². The highest BCUT2D eigenvalue weighted by Crippen LogP contribution is 2.35. The Labute approximate surface area is 106 Å². The van der Waals surface area contributed by atoms with Gasteiger partial charge in [0.1, 0.15) is 0 Å². The van der Waals surface area contributed by atoms with E-state index in [1.165, 1.54) is 38.0 Å². The molecule has 1 heterocycles. The largest absolute Gasteiger partial charge is 0.303 e. The van der Waals surface area contributed by atoms with Crippen molar-refractivity contribution in [3.63, 3.8) is 0 Å². The lowest BCUT2D eigenvalue weighted by molar-refractivity contribution is 0.337. The maximum absolute atomic E-state index is 2.60. The molecule has 0 N–H and O–H groups in total. The predicted octanol–water partition coefficient (Wildman–Crippen LogP) is 3.83. The molecule has 0 bridgehead atoms. The van der Waals surface area contributed by atoms with Gasteiger partial charge < -0.3 is 4.90 Å². The van der Waals surface area contributed by atoms with Gasteiger partial charge >= 0.3 is 0 Å². The number of benzene rings is 1. The lowest BCUT2D eigenvalue weighted by Gasteiger charge is -2.18. The molecule has 0 saturated carbocycles. The van der Waals surface area contributed by atoms with Crippen molar-refractivity contribution in [2.24, 2.45) is 5.92 Å². The second kappa shape index (κ2) is 5.68. The first-order valence-corrected chi connectivity index (χ1v) is 7.03. The molecule has 1 unspecified atom stereocenters. The second-order valence-corrected chi connectivity index (χ2v) is 5.42. The van der Waals surface area contributed by atoms with Gasteiger partial charge in [-0.3, -0.25) is 0 Å².